The lowest BCUT2D eigenvalue weighted by atomic mass is 9.92. The lowest BCUT2D eigenvalue weighted by molar-refractivity contribution is 0.105. The van der Waals surface area contributed by atoms with Crippen LogP contribution in [0.2, 0.25) is 0 Å². The van der Waals surface area contributed by atoms with E-state index in [1.54, 1.807) is 5.57 Å². The molecule has 21 heavy (non-hydrogen) atoms. The molecule has 0 saturated carbocycles. The summed E-state index contributed by atoms with van der Waals surface area (Å²) in [6, 6.07) is 10.1. The summed E-state index contributed by atoms with van der Waals surface area (Å²) < 4.78 is 0. The second-order valence-electron chi connectivity index (χ2n) is 6.44. The van der Waals surface area contributed by atoms with E-state index in [1.165, 1.54) is 25.7 Å². The molecule has 0 bridgehead atoms. The Morgan fingerprint density at radius 3 is 2.52 bits per heavy atom. The van der Waals surface area contributed by atoms with Crippen LogP contribution in [0.1, 0.15) is 57.6 Å². The van der Waals surface area contributed by atoms with Crippen LogP contribution >= 0.6 is 0 Å². The highest BCUT2D eigenvalue weighted by atomic mass is 16.3. The van der Waals surface area contributed by atoms with Crippen molar-refractivity contribution in [3.8, 4) is 0 Å². The van der Waals surface area contributed by atoms with Crippen molar-refractivity contribution < 1.29 is 5.11 Å². The molecule has 1 aromatic carbocycles. The Morgan fingerprint density at radius 1 is 1.14 bits per heavy atom. The van der Waals surface area contributed by atoms with Crippen LogP contribution in [-0.4, -0.2) is 17.7 Å². The Bertz CT molecular complexity index is 438. The third-order valence-electron chi connectivity index (χ3n) is 4.41. The zero-order valence-corrected chi connectivity index (χ0v) is 13.4. The van der Waals surface area contributed by atoms with Crippen LogP contribution in [0.5, 0.6) is 0 Å². The summed E-state index contributed by atoms with van der Waals surface area (Å²) >= 11 is 0. The quantitative estimate of drug-likeness (QED) is 0.736. The molecule has 0 amide bonds. The van der Waals surface area contributed by atoms with Crippen molar-refractivity contribution in [2.45, 2.75) is 58.1 Å². The van der Waals surface area contributed by atoms with Crippen molar-refractivity contribution in [3.63, 3.8) is 0 Å². The normalized spacial score (nSPS) is 18.4. The van der Waals surface area contributed by atoms with Crippen LogP contribution in [0.15, 0.2) is 42.0 Å². The van der Waals surface area contributed by atoms with E-state index >= 15 is 0 Å². The Hall–Kier alpha value is -1.12. The van der Waals surface area contributed by atoms with Gasteiger partial charge in [-0.2, -0.15) is 0 Å². The van der Waals surface area contributed by atoms with Gasteiger partial charge in [0.2, 0.25) is 0 Å². The molecule has 2 rings (SSSR count). The minimum absolute atomic E-state index is 0.108. The van der Waals surface area contributed by atoms with Crippen molar-refractivity contribution in [2.75, 3.05) is 6.54 Å². The Kier molecular flexibility index (Phi) is 6.47. The summed E-state index contributed by atoms with van der Waals surface area (Å²) in [4.78, 5) is 0. The molecule has 0 aliphatic heterocycles. The van der Waals surface area contributed by atoms with Gasteiger partial charge in [0.25, 0.3) is 0 Å². The monoisotopic (exact) mass is 287 g/mol. The second-order valence-corrected chi connectivity index (χ2v) is 6.44. The number of benzene rings is 1. The molecule has 2 N–H and O–H groups in total. The third kappa shape index (κ3) is 4.98. The smallest absolute Gasteiger partial charge is 0.0945 e. The molecule has 0 spiro atoms. The average Bonchev–Trinajstić information content (AvgIpc) is 2.52. The van der Waals surface area contributed by atoms with E-state index in [9.17, 15) is 5.11 Å². The van der Waals surface area contributed by atoms with Gasteiger partial charge in [-0.1, -0.05) is 55.8 Å². The molecule has 0 radical (unpaired) electrons. The van der Waals surface area contributed by atoms with Crippen LogP contribution in [0, 0.1) is 5.92 Å². The van der Waals surface area contributed by atoms with Crippen LogP contribution in [-0.2, 0) is 0 Å². The Labute approximate surface area is 129 Å². The molecular weight excluding hydrogens is 258 g/mol. The lowest BCUT2D eigenvalue weighted by Gasteiger charge is -2.28. The molecule has 2 nitrogen and oxygen atoms in total. The van der Waals surface area contributed by atoms with Crippen molar-refractivity contribution >= 4 is 0 Å². The predicted octanol–water partition coefficient (Wildman–Crippen LogP) is 4.22. The molecule has 0 heterocycles. The summed E-state index contributed by atoms with van der Waals surface area (Å²) in [5.74, 6) is 0.403. The summed E-state index contributed by atoms with van der Waals surface area (Å²) in [5.41, 5.74) is 2.59. The maximum atomic E-state index is 10.6. The third-order valence-corrected chi connectivity index (χ3v) is 4.41. The van der Waals surface area contributed by atoms with Crippen LogP contribution in [0.25, 0.3) is 0 Å². The first kappa shape index (κ1) is 16.3. The number of rotatable bonds is 7. The van der Waals surface area contributed by atoms with E-state index in [0.717, 1.165) is 18.5 Å². The molecule has 1 aliphatic rings. The van der Waals surface area contributed by atoms with E-state index < -0.39 is 6.10 Å². The van der Waals surface area contributed by atoms with E-state index in [-0.39, 0.29) is 6.04 Å². The van der Waals surface area contributed by atoms with Crippen LogP contribution < -0.4 is 5.32 Å². The minimum Gasteiger partial charge on any atom is -0.387 e. The van der Waals surface area contributed by atoms with Crippen molar-refractivity contribution in [3.05, 3.63) is 47.5 Å². The van der Waals surface area contributed by atoms with Gasteiger partial charge >= 0.3 is 0 Å². The van der Waals surface area contributed by atoms with Gasteiger partial charge in [-0.3, -0.25) is 0 Å². The van der Waals surface area contributed by atoms with Gasteiger partial charge in [-0.05, 0) is 50.1 Å². The highest BCUT2D eigenvalue weighted by Crippen LogP contribution is 2.23. The van der Waals surface area contributed by atoms with E-state index in [0.29, 0.717) is 5.92 Å². The fraction of sp³-hybridized carbons (Fsp3) is 0.579. The predicted molar refractivity (Wildman–Crippen MR) is 89.2 cm³/mol. The fourth-order valence-electron chi connectivity index (χ4n) is 3.10. The SMILES string of the molecule is CC(C)C(NCCC1=CCCCC1)C(O)c1ccccc1. The van der Waals surface area contributed by atoms with Gasteiger partial charge < -0.3 is 10.4 Å². The molecule has 0 fully saturated rings. The van der Waals surface area contributed by atoms with Gasteiger partial charge in [0.1, 0.15) is 0 Å². The molecule has 2 atom stereocenters. The molecule has 1 aliphatic carbocycles. The van der Waals surface area contributed by atoms with Gasteiger partial charge in [0.05, 0.1) is 6.10 Å². The van der Waals surface area contributed by atoms with E-state index in [2.05, 4.69) is 25.2 Å². The summed E-state index contributed by atoms with van der Waals surface area (Å²) in [6.07, 6.45) is 8.27. The number of nitrogens with one attached hydrogen (secondary N) is 1. The van der Waals surface area contributed by atoms with Gasteiger partial charge in [0.15, 0.2) is 0 Å². The zero-order chi connectivity index (χ0) is 15.1. The summed E-state index contributed by atoms with van der Waals surface area (Å²) in [6.45, 7) is 5.30. The molecule has 2 heteroatoms. The summed E-state index contributed by atoms with van der Waals surface area (Å²) in [7, 11) is 0. The molecule has 0 saturated heterocycles. The first-order valence-corrected chi connectivity index (χ1v) is 8.33. The largest absolute Gasteiger partial charge is 0.387 e. The molecule has 1 aromatic rings. The molecule has 2 unspecified atom stereocenters. The van der Waals surface area contributed by atoms with Gasteiger partial charge in [0, 0.05) is 6.04 Å². The number of hydrogen-bond donors (Lipinski definition) is 2. The van der Waals surface area contributed by atoms with Gasteiger partial charge in [-0.15, -0.1) is 0 Å². The number of hydrogen-bond acceptors (Lipinski definition) is 2. The first-order chi connectivity index (χ1) is 10.2. The van der Waals surface area contributed by atoms with E-state index in [4.69, 9.17) is 0 Å². The lowest BCUT2D eigenvalue weighted by Crippen LogP contribution is -2.40. The second kappa shape index (κ2) is 8.35. The number of allylic oxidation sites excluding steroid dienone is 1. The number of aliphatic hydroxyl groups is 1. The number of aliphatic hydroxyl groups excluding tert-OH is 1. The Morgan fingerprint density at radius 2 is 1.90 bits per heavy atom. The van der Waals surface area contributed by atoms with E-state index in [1.807, 2.05) is 30.3 Å². The van der Waals surface area contributed by atoms with Crippen molar-refractivity contribution in [2.24, 2.45) is 5.92 Å². The Balaban J connectivity index is 1.88. The molecular formula is C19H29NO. The fourth-order valence-corrected chi connectivity index (χ4v) is 3.10. The zero-order valence-electron chi connectivity index (χ0n) is 13.4. The highest BCUT2D eigenvalue weighted by Gasteiger charge is 2.23. The average molecular weight is 287 g/mol. The van der Waals surface area contributed by atoms with Gasteiger partial charge in [-0.25, -0.2) is 0 Å². The minimum atomic E-state index is -0.438. The molecule has 0 aromatic heterocycles. The first-order valence-electron chi connectivity index (χ1n) is 8.33. The van der Waals surface area contributed by atoms with Crippen molar-refractivity contribution in [1.82, 2.24) is 5.32 Å². The maximum Gasteiger partial charge on any atom is 0.0945 e. The summed E-state index contributed by atoms with van der Waals surface area (Å²) in [5, 5.41) is 14.2. The van der Waals surface area contributed by atoms with Crippen molar-refractivity contribution in [1.29, 1.82) is 0 Å². The standard InChI is InChI=1S/C19H29NO/c1-15(2)18(19(21)17-11-7-4-8-12-17)20-14-13-16-9-5-3-6-10-16/h4,7-9,11-12,15,18-21H,3,5-6,10,13-14H2,1-2H3. The maximum absolute atomic E-state index is 10.6. The molecule has 116 valence electrons. The topological polar surface area (TPSA) is 32.3 Å². The van der Waals surface area contributed by atoms with Crippen LogP contribution in [0.3, 0.4) is 0 Å². The van der Waals surface area contributed by atoms with Crippen LogP contribution in [0.4, 0.5) is 0 Å². The highest BCUT2D eigenvalue weighted by molar-refractivity contribution is 5.19.